The number of thioether (sulfide) groups is 1. The van der Waals surface area contributed by atoms with Crippen molar-refractivity contribution in [3.05, 3.63) is 65.7 Å². The zero-order valence-corrected chi connectivity index (χ0v) is 17.1. The SMILES string of the molecule is COc1ccc(C2=NC(CSCC(=O)NCCc3ccccc3)C(C)O2)cc1. The average Bonchev–Trinajstić information content (AvgIpc) is 3.09. The summed E-state index contributed by atoms with van der Waals surface area (Å²) in [6.07, 6.45) is 0.853. The summed E-state index contributed by atoms with van der Waals surface area (Å²) in [5.74, 6) is 2.72. The molecule has 0 aromatic heterocycles. The summed E-state index contributed by atoms with van der Waals surface area (Å²) in [7, 11) is 1.64. The Balaban J connectivity index is 1.40. The van der Waals surface area contributed by atoms with Crippen molar-refractivity contribution in [2.75, 3.05) is 25.2 Å². The van der Waals surface area contributed by atoms with Gasteiger partial charge in [0.1, 0.15) is 11.9 Å². The lowest BCUT2D eigenvalue weighted by Gasteiger charge is -2.12. The predicted molar refractivity (Wildman–Crippen MR) is 114 cm³/mol. The Kier molecular flexibility index (Phi) is 7.37. The van der Waals surface area contributed by atoms with Crippen LogP contribution in [0.4, 0.5) is 0 Å². The number of methoxy groups -OCH3 is 1. The molecule has 28 heavy (non-hydrogen) atoms. The van der Waals surface area contributed by atoms with Gasteiger partial charge in [0, 0.05) is 17.9 Å². The molecule has 0 radical (unpaired) electrons. The van der Waals surface area contributed by atoms with E-state index in [-0.39, 0.29) is 18.1 Å². The van der Waals surface area contributed by atoms with E-state index in [9.17, 15) is 4.79 Å². The summed E-state index contributed by atoms with van der Waals surface area (Å²) < 4.78 is 11.1. The van der Waals surface area contributed by atoms with Crippen LogP contribution in [-0.2, 0) is 16.0 Å². The molecule has 2 unspecified atom stereocenters. The van der Waals surface area contributed by atoms with E-state index in [2.05, 4.69) is 17.4 Å². The Labute approximate surface area is 170 Å². The number of ether oxygens (including phenoxy) is 2. The van der Waals surface area contributed by atoms with Gasteiger partial charge in [-0.2, -0.15) is 0 Å². The third-order valence-electron chi connectivity index (χ3n) is 4.56. The van der Waals surface area contributed by atoms with E-state index in [1.807, 2.05) is 49.4 Å². The molecule has 0 aliphatic carbocycles. The predicted octanol–water partition coefficient (Wildman–Crippen LogP) is 3.32. The fraction of sp³-hybridized carbons (Fsp3) is 0.364. The number of carbonyl (C=O) groups excluding carboxylic acids is 1. The van der Waals surface area contributed by atoms with Gasteiger partial charge in [0.2, 0.25) is 11.8 Å². The van der Waals surface area contributed by atoms with Crippen molar-refractivity contribution in [2.24, 2.45) is 4.99 Å². The Morgan fingerprint density at radius 3 is 2.64 bits per heavy atom. The summed E-state index contributed by atoms with van der Waals surface area (Å²) in [6.45, 7) is 2.68. The fourth-order valence-corrected chi connectivity index (χ4v) is 3.90. The Hall–Kier alpha value is -2.47. The third-order valence-corrected chi connectivity index (χ3v) is 5.60. The van der Waals surface area contributed by atoms with Gasteiger partial charge in [-0.05, 0) is 43.2 Å². The van der Waals surface area contributed by atoms with Crippen molar-refractivity contribution >= 4 is 23.6 Å². The number of benzene rings is 2. The monoisotopic (exact) mass is 398 g/mol. The molecule has 0 fully saturated rings. The molecule has 5 nitrogen and oxygen atoms in total. The smallest absolute Gasteiger partial charge is 0.230 e. The lowest BCUT2D eigenvalue weighted by Crippen LogP contribution is -2.28. The Morgan fingerprint density at radius 1 is 1.18 bits per heavy atom. The Bertz CT molecular complexity index is 793. The number of carbonyl (C=O) groups is 1. The summed E-state index contributed by atoms with van der Waals surface area (Å²) >= 11 is 1.59. The molecule has 2 atom stereocenters. The number of nitrogens with one attached hydrogen (secondary N) is 1. The number of aliphatic imine (C=N–C) groups is 1. The Morgan fingerprint density at radius 2 is 1.93 bits per heavy atom. The van der Waals surface area contributed by atoms with Gasteiger partial charge < -0.3 is 14.8 Å². The maximum absolute atomic E-state index is 12.0. The van der Waals surface area contributed by atoms with Crippen molar-refractivity contribution in [1.82, 2.24) is 5.32 Å². The summed E-state index contributed by atoms with van der Waals surface area (Å²) in [5.41, 5.74) is 2.17. The van der Waals surface area contributed by atoms with E-state index in [1.165, 1.54) is 5.56 Å². The molecule has 0 saturated heterocycles. The lowest BCUT2D eigenvalue weighted by atomic mass is 10.1. The van der Waals surface area contributed by atoms with Crippen LogP contribution in [0, 0.1) is 0 Å². The van der Waals surface area contributed by atoms with Crippen LogP contribution in [-0.4, -0.2) is 49.1 Å². The highest BCUT2D eigenvalue weighted by atomic mass is 32.2. The molecule has 1 N–H and O–H groups in total. The van der Waals surface area contributed by atoms with Gasteiger partial charge in [0.15, 0.2) is 0 Å². The first-order valence-electron chi connectivity index (χ1n) is 9.43. The fourth-order valence-electron chi connectivity index (χ4n) is 2.90. The topological polar surface area (TPSA) is 59.9 Å². The second kappa shape index (κ2) is 10.2. The maximum atomic E-state index is 12.0. The van der Waals surface area contributed by atoms with Gasteiger partial charge in [-0.3, -0.25) is 4.79 Å². The average molecular weight is 399 g/mol. The van der Waals surface area contributed by atoms with Crippen molar-refractivity contribution in [2.45, 2.75) is 25.5 Å². The molecule has 2 aromatic carbocycles. The third kappa shape index (κ3) is 5.76. The zero-order chi connectivity index (χ0) is 19.8. The molecule has 2 aromatic rings. The molecule has 0 spiro atoms. The second-order valence-electron chi connectivity index (χ2n) is 6.65. The summed E-state index contributed by atoms with van der Waals surface area (Å²) in [6, 6.07) is 17.9. The van der Waals surface area contributed by atoms with Gasteiger partial charge in [0.25, 0.3) is 0 Å². The first kappa shape index (κ1) is 20.3. The standard InChI is InChI=1S/C22H26N2O3S/c1-16-20(24-22(27-16)18-8-10-19(26-2)11-9-18)14-28-15-21(25)23-13-12-17-6-4-3-5-7-17/h3-11,16,20H,12-15H2,1-2H3,(H,23,25). The van der Waals surface area contributed by atoms with Crippen LogP contribution in [0.15, 0.2) is 59.6 Å². The van der Waals surface area contributed by atoms with Crippen LogP contribution >= 0.6 is 11.8 Å². The van der Waals surface area contributed by atoms with Crippen LogP contribution in [0.1, 0.15) is 18.1 Å². The van der Waals surface area contributed by atoms with Crippen LogP contribution < -0.4 is 10.1 Å². The molecular weight excluding hydrogens is 372 g/mol. The quantitative estimate of drug-likeness (QED) is 0.704. The van der Waals surface area contributed by atoms with Gasteiger partial charge >= 0.3 is 0 Å². The number of amides is 1. The molecule has 1 heterocycles. The largest absolute Gasteiger partial charge is 0.497 e. The van der Waals surface area contributed by atoms with Crippen molar-refractivity contribution < 1.29 is 14.3 Å². The molecule has 0 saturated carbocycles. The number of rotatable bonds is 9. The summed E-state index contributed by atoms with van der Waals surface area (Å²) in [5, 5.41) is 2.97. The first-order valence-corrected chi connectivity index (χ1v) is 10.6. The minimum atomic E-state index is 0.00532. The van der Waals surface area contributed by atoms with Gasteiger partial charge in [-0.1, -0.05) is 30.3 Å². The zero-order valence-electron chi connectivity index (χ0n) is 16.3. The minimum absolute atomic E-state index is 0.00532. The number of nitrogens with zero attached hydrogens (tertiary/aromatic N) is 1. The van der Waals surface area contributed by atoms with Crippen LogP contribution in [0.5, 0.6) is 5.75 Å². The molecule has 6 heteroatoms. The van der Waals surface area contributed by atoms with Crippen LogP contribution in [0.25, 0.3) is 0 Å². The second-order valence-corrected chi connectivity index (χ2v) is 7.68. The van der Waals surface area contributed by atoms with E-state index in [0.29, 0.717) is 18.2 Å². The highest BCUT2D eigenvalue weighted by molar-refractivity contribution is 8.00. The van der Waals surface area contributed by atoms with E-state index in [0.717, 1.165) is 23.5 Å². The first-order chi connectivity index (χ1) is 13.7. The lowest BCUT2D eigenvalue weighted by molar-refractivity contribution is -0.118. The highest BCUT2D eigenvalue weighted by Gasteiger charge is 2.28. The van der Waals surface area contributed by atoms with E-state index in [1.54, 1.807) is 18.9 Å². The van der Waals surface area contributed by atoms with Gasteiger partial charge in [-0.25, -0.2) is 4.99 Å². The van der Waals surface area contributed by atoms with E-state index < -0.39 is 0 Å². The van der Waals surface area contributed by atoms with Gasteiger partial charge in [0.05, 0.1) is 18.9 Å². The molecule has 148 valence electrons. The molecule has 3 rings (SSSR count). The summed E-state index contributed by atoms with van der Waals surface area (Å²) in [4.78, 5) is 16.7. The molecule has 1 aliphatic heterocycles. The van der Waals surface area contributed by atoms with Crippen molar-refractivity contribution in [1.29, 1.82) is 0 Å². The van der Waals surface area contributed by atoms with E-state index >= 15 is 0 Å². The van der Waals surface area contributed by atoms with Gasteiger partial charge in [-0.15, -0.1) is 11.8 Å². The molecule has 0 bridgehead atoms. The van der Waals surface area contributed by atoms with E-state index in [4.69, 9.17) is 14.5 Å². The molecular formula is C22H26N2O3S. The van der Waals surface area contributed by atoms with Crippen LogP contribution in [0.2, 0.25) is 0 Å². The van der Waals surface area contributed by atoms with Crippen LogP contribution in [0.3, 0.4) is 0 Å². The maximum Gasteiger partial charge on any atom is 0.230 e. The minimum Gasteiger partial charge on any atom is -0.497 e. The number of hydrogen-bond acceptors (Lipinski definition) is 5. The highest BCUT2D eigenvalue weighted by Crippen LogP contribution is 2.22. The normalized spacial score (nSPS) is 18.3. The van der Waals surface area contributed by atoms with Crippen molar-refractivity contribution in [3.8, 4) is 5.75 Å². The van der Waals surface area contributed by atoms with Crippen molar-refractivity contribution in [3.63, 3.8) is 0 Å². The molecule has 1 amide bonds. The molecule has 1 aliphatic rings. The number of hydrogen-bond donors (Lipinski definition) is 1.